The molecule has 0 aliphatic rings. The van der Waals surface area contributed by atoms with Gasteiger partial charge in [-0.25, -0.2) is 0 Å². The van der Waals surface area contributed by atoms with Crippen molar-refractivity contribution in [1.29, 1.82) is 0 Å². The van der Waals surface area contributed by atoms with E-state index in [2.05, 4.69) is 10.4 Å². The summed E-state index contributed by atoms with van der Waals surface area (Å²) in [5.74, 6) is -0.786. The van der Waals surface area contributed by atoms with Gasteiger partial charge in [0.1, 0.15) is 6.04 Å². The predicted octanol–water partition coefficient (Wildman–Crippen LogP) is 2.25. The van der Waals surface area contributed by atoms with E-state index in [-0.39, 0.29) is 5.92 Å². The van der Waals surface area contributed by atoms with Gasteiger partial charge in [0, 0.05) is 18.5 Å². The van der Waals surface area contributed by atoms with Gasteiger partial charge in [0.05, 0.1) is 11.2 Å². The summed E-state index contributed by atoms with van der Waals surface area (Å²) in [7, 11) is 0. The van der Waals surface area contributed by atoms with Crippen molar-refractivity contribution in [3.8, 4) is 0 Å². The number of nitrogens with zero attached hydrogens (tertiary/aromatic N) is 2. The van der Waals surface area contributed by atoms with Gasteiger partial charge in [0.15, 0.2) is 0 Å². The number of benzene rings is 1. The first-order chi connectivity index (χ1) is 9.54. The van der Waals surface area contributed by atoms with Crippen molar-refractivity contribution in [2.45, 2.75) is 39.9 Å². The van der Waals surface area contributed by atoms with E-state index in [0.29, 0.717) is 6.54 Å². The summed E-state index contributed by atoms with van der Waals surface area (Å²) in [6, 6.07) is 7.47. The minimum Gasteiger partial charge on any atom is -0.480 e. The molecule has 0 saturated heterocycles. The smallest absolute Gasteiger partial charge is 0.320 e. The van der Waals surface area contributed by atoms with E-state index >= 15 is 0 Å². The molecule has 1 aromatic heterocycles. The van der Waals surface area contributed by atoms with Gasteiger partial charge in [-0.05, 0) is 18.9 Å². The molecular weight excluding hydrogens is 254 g/mol. The summed E-state index contributed by atoms with van der Waals surface area (Å²) >= 11 is 0. The Morgan fingerprint density at radius 2 is 2.10 bits per heavy atom. The molecule has 0 radical (unpaired) electrons. The average Bonchev–Trinajstić information content (AvgIpc) is 2.77. The highest BCUT2D eigenvalue weighted by Crippen LogP contribution is 2.18. The maximum absolute atomic E-state index is 11.2. The van der Waals surface area contributed by atoms with E-state index in [9.17, 15) is 9.90 Å². The van der Waals surface area contributed by atoms with Gasteiger partial charge in [0.25, 0.3) is 0 Å². The Balaban J connectivity index is 2.24. The Labute approximate surface area is 118 Å². The molecule has 5 heteroatoms. The van der Waals surface area contributed by atoms with Crippen molar-refractivity contribution in [2.75, 3.05) is 0 Å². The molecule has 1 aromatic carbocycles. The fourth-order valence-corrected chi connectivity index (χ4v) is 2.38. The lowest BCUT2D eigenvalue weighted by atomic mass is 10.0. The standard InChI is InChI=1S/C15H21N3O2/c1-4-18-13-8-6-5-7-11(13)12(17-18)9-16-14(10(2)3)15(19)20/h5-8,10,14,16H,4,9H2,1-3H3,(H,19,20)/t14-/m0/s1. The van der Waals surface area contributed by atoms with Crippen molar-refractivity contribution < 1.29 is 9.90 Å². The molecule has 2 aromatic rings. The Kier molecular flexibility index (Phi) is 4.39. The highest BCUT2D eigenvalue weighted by molar-refractivity contribution is 5.82. The van der Waals surface area contributed by atoms with Gasteiger partial charge in [0.2, 0.25) is 0 Å². The molecule has 0 bridgehead atoms. The molecule has 2 rings (SSSR count). The van der Waals surface area contributed by atoms with E-state index in [1.165, 1.54) is 0 Å². The third-order valence-corrected chi connectivity index (χ3v) is 3.46. The van der Waals surface area contributed by atoms with Crippen LogP contribution < -0.4 is 5.32 Å². The van der Waals surface area contributed by atoms with E-state index < -0.39 is 12.0 Å². The predicted molar refractivity (Wildman–Crippen MR) is 78.5 cm³/mol. The lowest BCUT2D eigenvalue weighted by molar-refractivity contribution is -0.140. The largest absolute Gasteiger partial charge is 0.480 e. The Morgan fingerprint density at radius 3 is 2.70 bits per heavy atom. The van der Waals surface area contributed by atoms with Crippen molar-refractivity contribution in [2.24, 2.45) is 5.92 Å². The Hall–Kier alpha value is -1.88. The number of para-hydroxylation sites is 1. The molecule has 5 nitrogen and oxygen atoms in total. The number of aromatic nitrogens is 2. The quantitative estimate of drug-likeness (QED) is 0.848. The second kappa shape index (κ2) is 6.05. The number of fused-ring (bicyclic) bond motifs is 1. The first kappa shape index (κ1) is 14.5. The van der Waals surface area contributed by atoms with Crippen LogP contribution in [0.5, 0.6) is 0 Å². The molecule has 1 atom stereocenters. The van der Waals surface area contributed by atoms with Crippen LogP contribution in [-0.2, 0) is 17.9 Å². The van der Waals surface area contributed by atoms with Gasteiger partial charge in [-0.3, -0.25) is 14.8 Å². The van der Waals surface area contributed by atoms with Crippen LogP contribution in [0.25, 0.3) is 10.9 Å². The molecule has 0 amide bonds. The number of aryl methyl sites for hydroxylation is 1. The van der Waals surface area contributed by atoms with E-state index in [1.807, 2.05) is 49.7 Å². The average molecular weight is 275 g/mol. The molecule has 0 aliphatic heterocycles. The summed E-state index contributed by atoms with van der Waals surface area (Å²) in [5, 5.41) is 17.9. The SMILES string of the molecule is CCn1nc(CN[C@H](C(=O)O)C(C)C)c2ccccc21. The molecule has 20 heavy (non-hydrogen) atoms. The highest BCUT2D eigenvalue weighted by Gasteiger charge is 2.21. The number of hydrogen-bond acceptors (Lipinski definition) is 3. The topological polar surface area (TPSA) is 67.2 Å². The number of carbonyl (C=O) groups is 1. The zero-order valence-corrected chi connectivity index (χ0v) is 12.1. The first-order valence-electron chi connectivity index (χ1n) is 6.95. The van der Waals surface area contributed by atoms with Crippen LogP contribution >= 0.6 is 0 Å². The second-order valence-corrected chi connectivity index (χ2v) is 5.22. The Morgan fingerprint density at radius 1 is 1.40 bits per heavy atom. The zero-order valence-electron chi connectivity index (χ0n) is 12.1. The van der Waals surface area contributed by atoms with Gasteiger partial charge in [-0.2, -0.15) is 5.10 Å². The van der Waals surface area contributed by atoms with Gasteiger partial charge in [-0.1, -0.05) is 32.0 Å². The molecule has 2 N–H and O–H groups in total. The third-order valence-electron chi connectivity index (χ3n) is 3.46. The maximum Gasteiger partial charge on any atom is 0.320 e. The number of nitrogens with one attached hydrogen (secondary N) is 1. The van der Waals surface area contributed by atoms with E-state index in [4.69, 9.17) is 0 Å². The second-order valence-electron chi connectivity index (χ2n) is 5.22. The van der Waals surface area contributed by atoms with Crippen LogP contribution in [0.15, 0.2) is 24.3 Å². The molecule has 1 heterocycles. The van der Waals surface area contributed by atoms with Gasteiger partial charge in [-0.15, -0.1) is 0 Å². The van der Waals surface area contributed by atoms with Crippen LogP contribution in [-0.4, -0.2) is 26.9 Å². The number of rotatable bonds is 6. The third kappa shape index (κ3) is 2.82. The fourth-order valence-electron chi connectivity index (χ4n) is 2.38. The molecular formula is C15H21N3O2. The lowest BCUT2D eigenvalue weighted by Gasteiger charge is -2.17. The van der Waals surface area contributed by atoms with Gasteiger partial charge < -0.3 is 5.11 Å². The molecule has 0 aliphatic carbocycles. The summed E-state index contributed by atoms with van der Waals surface area (Å²) < 4.78 is 1.94. The molecule has 0 fully saturated rings. The lowest BCUT2D eigenvalue weighted by Crippen LogP contribution is -2.40. The van der Waals surface area contributed by atoms with E-state index in [1.54, 1.807) is 0 Å². The summed E-state index contributed by atoms with van der Waals surface area (Å²) in [6.07, 6.45) is 0. The number of carboxylic acid groups (broad SMARTS) is 1. The van der Waals surface area contributed by atoms with Crippen LogP contribution in [0.4, 0.5) is 0 Å². The molecule has 0 saturated carbocycles. The summed E-state index contributed by atoms with van der Waals surface area (Å²) in [5.41, 5.74) is 1.98. The van der Waals surface area contributed by atoms with Crippen LogP contribution in [0.2, 0.25) is 0 Å². The highest BCUT2D eigenvalue weighted by atomic mass is 16.4. The van der Waals surface area contributed by atoms with Crippen molar-refractivity contribution in [1.82, 2.24) is 15.1 Å². The Bertz CT molecular complexity index is 604. The number of hydrogen-bond donors (Lipinski definition) is 2. The maximum atomic E-state index is 11.2. The molecule has 108 valence electrons. The van der Waals surface area contributed by atoms with E-state index in [0.717, 1.165) is 23.1 Å². The van der Waals surface area contributed by atoms with Crippen molar-refractivity contribution in [3.05, 3.63) is 30.0 Å². The van der Waals surface area contributed by atoms with Crippen molar-refractivity contribution >= 4 is 16.9 Å². The summed E-state index contributed by atoms with van der Waals surface area (Å²) in [6.45, 7) is 7.10. The fraction of sp³-hybridized carbons (Fsp3) is 0.467. The summed E-state index contributed by atoms with van der Waals surface area (Å²) in [4.78, 5) is 11.2. The normalized spacial score (nSPS) is 13.0. The molecule has 0 spiro atoms. The minimum absolute atomic E-state index is 0.0343. The first-order valence-corrected chi connectivity index (χ1v) is 6.95. The molecule has 0 unspecified atom stereocenters. The van der Waals surface area contributed by atoms with Gasteiger partial charge >= 0.3 is 5.97 Å². The van der Waals surface area contributed by atoms with Crippen LogP contribution in [0, 0.1) is 5.92 Å². The van der Waals surface area contributed by atoms with Crippen LogP contribution in [0.3, 0.4) is 0 Å². The number of aliphatic carboxylic acids is 1. The zero-order chi connectivity index (χ0) is 14.7. The monoisotopic (exact) mass is 275 g/mol. The van der Waals surface area contributed by atoms with Crippen molar-refractivity contribution in [3.63, 3.8) is 0 Å². The minimum atomic E-state index is -0.820. The number of carboxylic acids is 1. The van der Waals surface area contributed by atoms with Crippen LogP contribution in [0.1, 0.15) is 26.5 Å².